The lowest BCUT2D eigenvalue weighted by Crippen LogP contribution is -2.33. The maximum atomic E-state index is 14.0. The van der Waals surface area contributed by atoms with Gasteiger partial charge in [-0.25, -0.2) is 8.42 Å². The first-order valence-electron chi connectivity index (χ1n) is 14.3. The van der Waals surface area contributed by atoms with E-state index in [1.807, 2.05) is 19.1 Å². The highest BCUT2D eigenvalue weighted by molar-refractivity contribution is 7.92. The number of likely N-dealkylation sites (tertiary alicyclic amines) is 1. The summed E-state index contributed by atoms with van der Waals surface area (Å²) in [4.78, 5) is 16.2. The number of carbonyl (C=O) groups is 1. The number of para-hydroxylation sites is 1. The van der Waals surface area contributed by atoms with Crippen molar-refractivity contribution in [3.8, 4) is 0 Å². The molecule has 0 atom stereocenters. The van der Waals surface area contributed by atoms with E-state index in [0.29, 0.717) is 17.3 Å². The van der Waals surface area contributed by atoms with E-state index < -0.39 is 10.0 Å². The highest BCUT2D eigenvalue weighted by atomic mass is 35.5. The lowest BCUT2D eigenvalue weighted by Gasteiger charge is -2.27. The standard InChI is InChI=1S/C34H36ClN3O3S/c1-26-12-18-31(19-13-26)42(40,41)38(25-27-14-16-30(35)17-15-27)33-11-4-3-10-32(33)34(39)36-23-28-8-7-9-29(22-28)24-37-20-5-2-6-21-37/h3-4,7-19,22H,2,5-6,20-21,23-25H2,1H3,(H,36,39). The van der Waals surface area contributed by atoms with Crippen LogP contribution in [0.2, 0.25) is 5.02 Å². The number of piperidine rings is 1. The maximum absolute atomic E-state index is 14.0. The summed E-state index contributed by atoms with van der Waals surface area (Å²) in [6.07, 6.45) is 3.78. The zero-order chi connectivity index (χ0) is 29.5. The Morgan fingerprint density at radius 3 is 2.26 bits per heavy atom. The summed E-state index contributed by atoms with van der Waals surface area (Å²) < 4.78 is 29.4. The van der Waals surface area contributed by atoms with E-state index in [1.165, 1.54) is 29.1 Å². The normalized spacial score (nSPS) is 14.0. The van der Waals surface area contributed by atoms with Gasteiger partial charge in [0, 0.05) is 18.1 Å². The second-order valence-electron chi connectivity index (χ2n) is 10.8. The summed E-state index contributed by atoms with van der Waals surface area (Å²) in [5.41, 5.74) is 4.52. The van der Waals surface area contributed by atoms with Crippen molar-refractivity contribution in [3.05, 3.63) is 130 Å². The molecule has 8 heteroatoms. The molecule has 0 saturated carbocycles. The monoisotopic (exact) mass is 601 g/mol. The molecule has 1 N–H and O–H groups in total. The minimum Gasteiger partial charge on any atom is -0.348 e. The molecule has 0 bridgehead atoms. The molecule has 0 unspecified atom stereocenters. The third-order valence-electron chi connectivity index (χ3n) is 7.57. The van der Waals surface area contributed by atoms with E-state index in [4.69, 9.17) is 11.6 Å². The van der Waals surface area contributed by atoms with Gasteiger partial charge in [0.1, 0.15) is 0 Å². The fourth-order valence-electron chi connectivity index (χ4n) is 5.27. The van der Waals surface area contributed by atoms with Crippen molar-refractivity contribution in [1.29, 1.82) is 0 Å². The highest BCUT2D eigenvalue weighted by Gasteiger charge is 2.28. The van der Waals surface area contributed by atoms with Gasteiger partial charge in [0.15, 0.2) is 0 Å². The number of amides is 1. The fourth-order valence-corrected chi connectivity index (χ4v) is 6.86. The zero-order valence-corrected chi connectivity index (χ0v) is 25.4. The quantitative estimate of drug-likeness (QED) is 0.213. The topological polar surface area (TPSA) is 69.7 Å². The Balaban J connectivity index is 1.40. The third kappa shape index (κ3) is 7.40. The number of sulfonamides is 1. The van der Waals surface area contributed by atoms with E-state index in [9.17, 15) is 13.2 Å². The number of nitrogens with one attached hydrogen (secondary N) is 1. The number of nitrogens with zero attached hydrogens (tertiary/aromatic N) is 2. The number of aryl methyl sites for hydroxylation is 1. The Morgan fingerprint density at radius 1 is 0.833 bits per heavy atom. The summed E-state index contributed by atoms with van der Waals surface area (Å²) in [6, 6.07) is 28.9. The van der Waals surface area contributed by atoms with Gasteiger partial charge in [-0.05, 0) is 85.9 Å². The molecule has 1 aliphatic heterocycles. The fraction of sp³-hybridized carbons (Fsp3) is 0.265. The maximum Gasteiger partial charge on any atom is 0.264 e. The van der Waals surface area contributed by atoms with Crippen LogP contribution >= 0.6 is 11.6 Å². The van der Waals surface area contributed by atoms with Crippen LogP contribution in [0.3, 0.4) is 0 Å². The lowest BCUT2D eigenvalue weighted by molar-refractivity contribution is 0.0951. The van der Waals surface area contributed by atoms with Crippen molar-refractivity contribution < 1.29 is 13.2 Å². The number of anilines is 1. The van der Waals surface area contributed by atoms with Crippen LogP contribution in [-0.2, 0) is 29.7 Å². The van der Waals surface area contributed by atoms with Crippen molar-refractivity contribution in [2.45, 2.75) is 50.7 Å². The molecule has 4 aromatic carbocycles. The molecule has 1 saturated heterocycles. The van der Waals surface area contributed by atoms with Gasteiger partial charge >= 0.3 is 0 Å². The van der Waals surface area contributed by atoms with Crippen molar-refractivity contribution in [3.63, 3.8) is 0 Å². The predicted molar refractivity (Wildman–Crippen MR) is 169 cm³/mol. The SMILES string of the molecule is Cc1ccc(S(=O)(=O)N(Cc2ccc(Cl)cc2)c2ccccc2C(=O)NCc2cccc(CN3CCCCC3)c2)cc1. The molecule has 0 aromatic heterocycles. The second kappa shape index (κ2) is 13.6. The summed E-state index contributed by atoms with van der Waals surface area (Å²) in [7, 11) is -4.01. The Hall–Kier alpha value is -3.65. The molecule has 0 aliphatic carbocycles. The van der Waals surface area contributed by atoms with Crippen LogP contribution in [0.4, 0.5) is 5.69 Å². The third-order valence-corrected chi connectivity index (χ3v) is 9.59. The van der Waals surface area contributed by atoms with Gasteiger partial charge in [0.05, 0.1) is 22.7 Å². The van der Waals surface area contributed by atoms with E-state index in [2.05, 4.69) is 22.3 Å². The lowest BCUT2D eigenvalue weighted by atomic mass is 10.1. The van der Waals surface area contributed by atoms with E-state index in [0.717, 1.165) is 36.3 Å². The first kappa shape index (κ1) is 29.8. The molecule has 0 spiro atoms. The second-order valence-corrected chi connectivity index (χ2v) is 13.1. The highest BCUT2D eigenvalue weighted by Crippen LogP contribution is 2.30. The average Bonchev–Trinajstić information content (AvgIpc) is 3.00. The molecule has 6 nitrogen and oxygen atoms in total. The Labute approximate surface area is 254 Å². The Kier molecular flexibility index (Phi) is 9.62. The smallest absolute Gasteiger partial charge is 0.264 e. The molecule has 1 aliphatic rings. The minimum atomic E-state index is -4.01. The first-order valence-corrected chi connectivity index (χ1v) is 16.1. The van der Waals surface area contributed by atoms with Crippen LogP contribution in [0.25, 0.3) is 0 Å². The number of benzene rings is 4. The van der Waals surface area contributed by atoms with E-state index >= 15 is 0 Å². The van der Waals surface area contributed by atoms with Crippen molar-refractivity contribution >= 4 is 33.2 Å². The Morgan fingerprint density at radius 2 is 1.52 bits per heavy atom. The van der Waals surface area contributed by atoms with Crippen LogP contribution in [0, 0.1) is 6.92 Å². The number of hydrogen-bond acceptors (Lipinski definition) is 4. The van der Waals surface area contributed by atoms with Crippen LogP contribution in [0.1, 0.15) is 51.9 Å². The van der Waals surface area contributed by atoms with Crippen LogP contribution in [-0.4, -0.2) is 32.3 Å². The molecule has 1 amide bonds. The summed E-state index contributed by atoms with van der Waals surface area (Å²) in [5.74, 6) is -0.341. The van der Waals surface area contributed by atoms with Gasteiger partial charge in [-0.3, -0.25) is 14.0 Å². The summed E-state index contributed by atoms with van der Waals surface area (Å²) in [6.45, 7) is 5.43. The van der Waals surface area contributed by atoms with Crippen LogP contribution in [0.5, 0.6) is 0 Å². The molecule has 218 valence electrons. The average molecular weight is 602 g/mol. The molecule has 1 fully saturated rings. The number of hydrogen-bond donors (Lipinski definition) is 1. The Bertz CT molecular complexity index is 1620. The molecular formula is C34H36ClN3O3S. The molecule has 42 heavy (non-hydrogen) atoms. The van der Waals surface area contributed by atoms with Gasteiger partial charge in [-0.1, -0.05) is 84.2 Å². The van der Waals surface area contributed by atoms with E-state index in [1.54, 1.807) is 72.8 Å². The van der Waals surface area contributed by atoms with Gasteiger partial charge in [0.2, 0.25) is 0 Å². The molecule has 1 heterocycles. The zero-order valence-electron chi connectivity index (χ0n) is 23.8. The first-order chi connectivity index (χ1) is 20.3. The molecular weight excluding hydrogens is 566 g/mol. The largest absolute Gasteiger partial charge is 0.348 e. The van der Waals surface area contributed by atoms with Crippen molar-refractivity contribution in [1.82, 2.24) is 10.2 Å². The molecule has 5 rings (SSSR count). The van der Waals surface area contributed by atoms with E-state index in [-0.39, 0.29) is 22.9 Å². The summed E-state index contributed by atoms with van der Waals surface area (Å²) in [5, 5.41) is 3.58. The number of carbonyl (C=O) groups excluding carboxylic acids is 1. The van der Waals surface area contributed by atoms with Crippen LogP contribution in [0.15, 0.2) is 102 Å². The van der Waals surface area contributed by atoms with Gasteiger partial charge in [-0.2, -0.15) is 0 Å². The minimum absolute atomic E-state index is 0.0379. The number of halogens is 1. The van der Waals surface area contributed by atoms with Gasteiger partial charge in [0.25, 0.3) is 15.9 Å². The summed E-state index contributed by atoms with van der Waals surface area (Å²) >= 11 is 6.09. The number of rotatable bonds is 10. The van der Waals surface area contributed by atoms with Crippen LogP contribution < -0.4 is 9.62 Å². The molecule has 0 radical (unpaired) electrons. The van der Waals surface area contributed by atoms with Crippen molar-refractivity contribution in [2.75, 3.05) is 17.4 Å². The molecule has 4 aromatic rings. The van der Waals surface area contributed by atoms with Gasteiger partial charge < -0.3 is 5.32 Å². The van der Waals surface area contributed by atoms with Gasteiger partial charge in [-0.15, -0.1) is 0 Å². The predicted octanol–water partition coefficient (Wildman–Crippen LogP) is 6.96. The van der Waals surface area contributed by atoms with Crippen molar-refractivity contribution in [2.24, 2.45) is 0 Å².